The minimum atomic E-state index is -0.193. The number of rotatable bonds is 6. The average molecular weight is 386 g/mol. The van der Waals surface area contributed by atoms with E-state index in [1.807, 2.05) is 80.6 Å². The lowest BCUT2D eigenvalue weighted by Crippen LogP contribution is -2.28. The number of nitrogens with one attached hydrogen (secondary N) is 1. The van der Waals surface area contributed by atoms with Crippen LogP contribution in [0, 0.1) is 13.8 Å². The summed E-state index contributed by atoms with van der Waals surface area (Å²) >= 11 is 0. The minimum absolute atomic E-state index is 0.0940. The van der Waals surface area contributed by atoms with Crippen molar-refractivity contribution in [1.29, 1.82) is 0 Å². The Morgan fingerprint density at radius 2 is 1.72 bits per heavy atom. The molecule has 0 fully saturated rings. The fourth-order valence-electron chi connectivity index (χ4n) is 3.28. The van der Waals surface area contributed by atoms with Gasteiger partial charge < -0.3 is 10.1 Å². The van der Waals surface area contributed by atoms with Crippen LogP contribution < -0.4 is 10.1 Å². The molecule has 0 saturated heterocycles. The molecule has 146 valence electrons. The molecule has 0 aliphatic rings. The third kappa shape index (κ3) is 4.11. The van der Waals surface area contributed by atoms with E-state index in [4.69, 9.17) is 4.74 Å². The normalized spacial score (nSPS) is 10.8. The quantitative estimate of drug-likeness (QED) is 0.548. The van der Waals surface area contributed by atoms with E-state index in [0.29, 0.717) is 18.1 Å². The second-order valence-corrected chi connectivity index (χ2v) is 6.86. The van der Waals surface area contributed by atoms with E-state index in [1.165, 1.54) is 0 Å². The maximum absolute atomic E-state index is 12.1. The lowest BCUT2D eigenvalue weighted by molar-refractivity contribution is -0.123. The summed E-state index contributed by atoms with van der Waals surface area (Å²) in [4.78, 5) is 16.8. The Balaban J connectivity index is 1.51. The van der Waals surface area contributed by atoms with Crippen molar-refractivity contribution in [3.05, 3.63) is 83.6 Å². The van der Waals surface area contributed by atoms with Crippen LogP contribution in [-0.2, 0) is 11.3 Å². The molecular formula is C23H22N4O2. The summed E-state index contributed by atoms with van der Waals surface area (Å²) in [5, 5.41) is 8.49. The molecule has 1 N–H and O–H groups in total. The van der Waals surface area contributed by atoms with Gasteiger partial charge in [-0.2, -0.15) is 10.1 Å². The summed E-state index contributed by atoms with van der Waals surface area (Å²) in [6.07, 6.45) is 0. The Bertz CT molecular complexity index is 1140. The van der Waals surface area contributed by atoms with Gasteiger partial charge in [0.25, 0.3) is 5.91 Å². The van der Waals surface area contributed by atoms with E-state index in [-0.39, 0.29) is 12.5 Å². The molecule has 0 atom stereocenters. The number of carbonyl (C=O) groups is 1. The summed E-state index contributed by atoms with van der Waals surface area (Å²) in [6, 6.07) is 21.4. The van der Waals surface area contributed by atoms with Crippen LogP contribution >= 0.6 is 0 Å². The first-order valence-corrected chi connectivity index (χ1v) is 9.47. The van der Waals surface area contributed by atoms with E-state index in [2.05, 4.69) is 15.4 Å². The van der Waals surface area contributed by atoms with Crippen molar-refractivity contribution >= 4 is 16.9 Å². The van der Waals surface area contributed by atoms with Crippen molar-refractivity contribution in [1.82, 2.24) is 20.1 Å². The van der Waals surface area contributed by atoms with Gasteiger partial charge in [0, 0.05) is 18.0 Å². The maximum atomic E-state index is 12.1. The van der Waals surface area contributed by atoms with Crippen LogP contribution in [0.25, 0.3) is 16.7 Å². The van der Waals surface area contributed by atoms with Gasteiger partial charge in [0.15, 0.2) is 12.3 Å². The summed E-state index contributed by atoms with van der Waals surface area (Å²) in [7, 11) is 0. The molecule has 4 aromatic rings. The molecule has 0 radical (unpaired) electrons. The summed E-state index contributed by atoms with van der Waals surface area (Å²) in [5.41, 5.74) is 4.59. The zero-order valence-corrected chi connectivity index (χ0v) is 16.4. The molecule has 0 aliphatic heterocycles. The van der Waals surface area contributed by atoms with Gasteiger partial charge in [-0.25, -0.2) is 4.68 Å². The number of carbonyl (C=O) groups excluding carboxylic acids is 1. The molecule has 2 aromatic carbocycles. The second kappa shape index (κ2) is 8.14. The smallest absolute Gasteiger partial charge is 0.258 e. The van der Waals surface area contributed by atoms with Crippen molar-refractivity contribution in [2.45, 2.75) is 20.4 Å². The number of aryl methyl sites for hydroxylation is 2. The highest BCUT2D eigenvalue weighted by Crippen LogP contribution is 2.26. The number of amides is 1. The minimum Gasteiger partial charge on any atom is -0.468 e. The van der Waals surface area contributed by atoms with Gasteiger partial charge in [0.1, 0.15) is 0 Å². The van der Waals surface area contributed by atoms with E-state index in [0.717, 1.165) is 27.9 Å². The number of ether oxygens (including phenoxy) is 1. The number of nitrogens with zero attached hydrogens (tertiary/aromatic N) is 3. The van der Waals surface area contributed by atoms with Crippen molar-refractivity contribution in [3.8, 4) is 11.6 Å². The molecule has 1 amide bonds. The monoisotopic (exact) mass is 386 g/mol. The standard InChI is InChI=1S/C23H22N4O2/c1-16-13-21(29-15-20(28)24-14-18-9-5-3-6-10-18)25-23-22(16)17(2)26-27(23)19-11-7-4-8-12-19/h3-13H,14-15H2,1-2H3,(H,24,28). The largest absolute Gasteiger partial charge is 0.468 e. The Labute approximate surface area is 169 Å². The highest BCUT2D eigenvalue weighted by Gasteiger charge is 2.15. The highest BCUT2D eigenvalue weighted by molar-refractivity contribution is 5.84. The van der Waals surface area contributed by atoms with Crippen LogP contribution in [0.3, 0.4) is 0 Å². The Morgan fingerprint density at radius 1 is 1.03 bits per heavy atom. The van der Waals surface area contributed by atoms with Gasteiger partial charge in [-0.05, 0) is 37.1 Å². The number of hydrogen-bond acceptors (Lipinski definition) is 4. The molecule has 0 spiro atoms. The first kappa shape index (κ1) is 18.7. The predicted molar refractivity (Wildman–Crippen MR) is 112 cm³/mol. The number of benzene rings is 2. The maximum Gasteiger partial charge on any atom is 0.258 e. The Kier molecular flexibility index (Phi) is 5.24. The first-order chi connectivity index (χ1) is 14.1. The predicted octanol–water partition coefficient (Wildman–Crippen LogP) is 3.73. The number of hydrogen-bond donors (Lipinski definition) is 1. The molecule has 0 bridgehead atoms. The van der Waals surface area contributed by atoms with Crippen molar-refractivity contribution in [2.75, 3.05) is 6.61 Å². The zero-order chi connectivity index (χ0) is 20.2. The zero-order valence-electron chi connectivity index (χ0n) is 16.4. The van der Waals surface area contributed by atoms with Crippen LogP contribution in [0.4, 0.5) is 0 Å². The van der Waals surface area contributed by atoms with Gasteiger partial charge in [0.2, 0.25) is 5.88 Å². The third-order valence-corrected chi connectivity index (χ3v) is 4.67. The molecule has 2 heterocycles. The lowest BCUT2D eigenvalue weighted by atomic mass is 10.2. The Hall–Kier alpha value is -3.67. The van der Waals surface area contributed by atoms with Gasteiger partial charge in [-0.1, -0.05) is 48.5 Å². The van der Waals surface area contributed by atoms with Crippen molar-refractivity contribution < 1.29 is 9.53 Å². The van der Waals surface area contributed by atoms with Crippen molar-refractivity contribution in [2.24, 2.45) is 0 Å². The molecule has 0 aliphatic carbocycles. The third-order valence-electron chi connectivity index (χ3n) is 4.67. The van der Waals surface area contributed by atoms with Gasteiger partial charge in [0.05, 0.1) is 11.4 Å². The molecule has 0 unspecified atom stereocenters. The van der Waals surface area contributed by atoms with E-state index < -0.39 is 0 Å². The molecule has 6 heteroatoms. The van der Waals surface area contributed by atoms with Crippen molar-refractivity contribution in [3.63, 3.8) is 0 Å². The SMILES string of the molecule is Cc1cc(OCC(=O)NCc2ccccc2)nc2c1c(C)nn2-c1ccccc1. The fraction of sp³-hybridized carbons (Fsp3) is 0.174. The molecule has 29 heavy (non-hydrogen) atoms. The van der Waals surface area contributed by atoms with Crippen LogP contribution in [0.1, 0.15) is 16.8 Å². The molecular weight excluding hydrogens is 364 g/mol. The number of fused-ring (bicyclic) bond motifs is 1. The van der Waals surface area contributed by atoms with Crippen LogP contribution in [0.2, 0.25) is 0 Å². The fourth-order valence-corrected chi connectivity index (χ4v) is 3.28. The van der Waals surface area contributed by atoms with E-state index >= 15 is 0 Å². The first-order valence-electron chi connectivity index (χ1n) is 9.47. The highest BCUT2D eigenvalue weighted by atomic mass is 16.5. The average Bonchev–Trinajstić information content (AvgIpc) is 3.09. The van der Waals surface area contributed by atoms with Crippen LogP contribution in [-0.4, -0.2) is 27.3 Å². The molecule has 4 rings (SSSR count). The van der Waals surface area contributed by atoms with E-state index in [9.17, 15) is 4.79 Å². The summed E-state index contributed by atoms with van der Waals surface area (Å²) in [5.74, 6) is 0.211. The van der Waals surface area contributed by atoms with Crippen LogP contribution in [0.15, 0.2) is 66.7 Å². The summed E-state index contributed by atoms with van der Waals surface area (Å²) in [6.45, 7) is 4.34. The van der Waals surface area contributed by atoms with E-state index in [1.54, 1.807) is 4.68 Å². The number of para-hydroxylation sites is 1. The van der Waals surface area contributed by atoms with Gasteiger partial charge in [-0.3, -0.25) is 4.79 Å². The topological polar surface area (TPSA) is 69.0 Å². The van der Waals surface area contributed by atoms with Gasteiger partial charge in [-0.15, -0.1) is 0 Å². The molecule has 2 aromatic heterocycles. The second-order valence-electron chi connectivity index (χ2n) is 6.86. The molecule has 0 saturated carbocycles. The molecule has 6 nitrogen and oxygen atoms in total. The lowest BCUT2D eigenvalue weighted by Gasteiger charge is -2.09. The number of aromatic nitrogens is 3. The number of pyridine rings is 1. The Morgan fingerprint density at radius 3 is 2.45 bits per heavy atom. The summed E-state index contributed by atoms with van der Waals surface area (Å²) < 4.78 is 7.49. The van der Waals surface area contributed by atoms with Crippen LogP contribution in [0.5, 0.6) is 5.88 Å². The van der Waals surface area contributed by atoms with Gasteiger partial charge >= 0.3 is 0 Å².